The molecule has 0 spiro atoms. The summed E-state index contributed by atoms with van der Waals surface area (Å²) < 4.78 is 27.0. The molecule has 6 atom stereocenters. The van der Waals surface area contributed by atoms with Crippen molar-refractivity contribution in [2.24, 2.45) is 22.7 Å². The van der Waals surface area contributed by atoms with Gasteiger partial charge in [-0.2, -0.15) is 0 Å². The van der Waals surface area contributed by atoms with E-state index < -0.39 is 69.0 Å². The van der Waals surface area contributed by atoms with E-state index in [0.717, 1.165) is 38.5 Å². The molecule has 14 heteroatoms. The fourth-order valence-electron chi connectivity index (χ4n) is 7.75. The number of sulfonamides is 1. The molecule has 48 heavy (non-hydrogen) atoms. The van der Waals surface area contributed by atoms with Crippen LogP contribution in [0, 0.1) is 22.7 Å². The molecule has 0 aromatic carbocycles. The molecule has 6 unspecified atom stereocenters. The molecule has 13 nitrogen and oxygen atoms in total. The predicted molar refractivity (Wildman–Crippen MR) is 183 cm³/mol. The van der Waals surface area contributed by atoms with Crippen LogP contribution in [0.15, 0.2) is 0 Å². The Bertz CT molecular complexity index is 1320. The van der Waals surface area contributed by atoms with Crippen LogP contribution in [0.4, 0.5) is 4.79 Å². The standard InChI is InChI=1S/C34H60N6O7S/c1-9-10-14-23(26(41)29(43)35-21-15-16-21)36-28(42)25-24-22(33(24,5)6)19-40(25)30(44)27(32(2,3)4)37-31(45)38-34(17-12-11-13-18-34)20-48(46,47)39(7)8/h21-27,41H,9-20H2,1-8H3,(H,35,43)(H,36,42)(H2,37,38,45). The summed E-state index contributed by atoms with van der Waals surface area (Å²) in [7, 11) is -0.667. The Kier molecular flexibility index (Phi) is 11.5. The van der Waals surface area contributed by atoms with Crippen LogP contribution in [-0.4, -0.2) is 109 Å². The number of amides is 5. The van der Waals surface area contributed by atoms with Gasteiger partial charge in [0.1, 0.15) is 12.1 Å². The summed E-state index contributed by atoms with van der Waals surface area (Å²) in [5.74, 6) is -1.55. The number of likely N-dealkylation sites (tertiary alicyclic amines) is 1. The SMILES string of the molecule is CCCCC(NC(=O)C1C2C(CN1C(=O)C(NC(=O)NC1(CS(=O)(=O)N(C)C)CCCCC1)C(C)(C)C)C2(C)C)C(O)C(=O)NC1CC1. The van der Waals surface area contributed by atoms with Gasteiger partial charge < -0.3 is 31.3 Å². The molecule has 1 saturated heterocycles. The van der Waals surface area contributed by atoms with Crippen molar-refractivity contribution in [2.75, 3.05) is 26.4 Å². The van der Waals surface area contributed by atoms with E-state index in [9.17, 15) is 32.7 Å². The fraction of sp³-hybridized carbons (Fsp3) is 0.882. The number of unbranched alkanes of at least 4 members (excludes halogenated alkanes) is 1. The van der Waals surface area contributed by atoms with Gasteiger partial charge in [0.15, 0.2) is 6.10 Å². The molecular weight excluding hydrogens is 636 g/mol. The Balaban J connectivity index is 1.53. The molecule has 0 aromatic heterocycles. The summed E-state index contributed by atoms with van der Waals surface area (Å²) in [4.78, 5) is 56.5. The van der Waals surface area contributed by atoms with E-state index in [0.29, 0.717) is 32.2 Å². The first-order valence-electron chi connectivity index (χ1n) is 17.8. The second kappa shape index (κ2) is 14.4. The molecule has 3 saturated carbocycles. The first-order valence-corrected chi connectivity index (χ1v) is 19.4. The van der Waals surface area contributed by atoms with Crippen molar-refractivity contribution in [1.82, 2.24) is 30.5 Å². The molecule has 3 aliphatic carbocycles. The van der Waals surface area contributed by atoms with Crippen molar-refractivity contribution in [1.29, 1.82) is 0 Å². The summed E-state index contributed by atoms with van der Waals surface area (Å²) in [5, 5.41) is 22.6. The zero-order valence-corrected chi connectivity index (χ0v) is 31.0. The number of carbonyl (C=O) groups is 4. The Labute approximate surface area is 287 Å². The minimum absolute atomic E-state index is 0.0649. The molecule has 1 aliphatic heterocycles. The number of hydrogen-bond acceptors (Lipinski definition) is 7. The van der Waals surface area contributed by atoms with Gasteiger partial charge in [-0.25, -0.2) is 17.5 Å². The zero-order chi connectivity index (χ0) is 35.8. The van der Waals surface area contributed by atoms with Gasteiger partial charge in [-0.1, -0.05) is 73.6 Å². The molecule has 274 valence electrons. The third kappa shape index (κ3) is 8.64. The van der Waals surface area contributed by atoms with Crippen molar-refractivity contribution in [2.45, 2.75) is 142 Å². The topological polar surface area (TPSA) is 177 Å². The van der Waals surface area contributed by atoms with E-state index in [4.69, 9.17) is 0 Å². The zero-order valence-electron chi connectivity index (χ0n) is 30.2. The average Bonchev–Trinajstić information content (AvgIpc) is 3.84. The molecule has 4 aliphatic rings. The van der Waals surface area contributed by atoms with Crippen molar-refractivity contribution in [3.8, 4) is 0 Å². The maximum Gasteiger partial charge on any atom is 0.315 e. The predicted octanol–water partition coefficient (Wildman–Crippen LogP) is 2.09. The lowest BCUT2D eigenvalue weighted by atomic mass is 9.83. The Hall–Kier alpha value is -2.45. The van der Waals surface area contributed by atoms with Crippen LogP contribution in [0.1, 0.15) is 106 Å². The highest BCUT2D eigenvalue weighted by Crippen LogP contribution is 2.65. The number of nitrogens with zero attached hydrogens (tertiary/aromatic N) is 2. The van der Waals surface area contributed by atoms with Crippen molar-refractivity contribution in [3.63, 3.8) is 0 Å². The molecule has 5 N–H and O–H groups in total. The summed E-state index contributed by atoms with van der Waals surface area (Å²) in [6.45, 7) is 12.0. The highest BCUT2D eigenvalue weighted by molar-refractivity contribution is 7.89. The molecule has 0 aromatic rings. The van der Waals surface area contributed by atoms with E-state index in [1.807, 2.05) is 27.7 Å². The fourth-order valence-corrected chi connectivity index (χ4v) is 9.06. The summed E-state index contributed by atoms with van der Waals surface area (Å²) in [6, 6.07) is -3.19. The van der Waals surface area contributed by atoms with Crippen molar-refractivity contribution in [3.05, 3.63) is 0 Å². The summed E-state index contributed by atoms with van der Waals surface area (Å²) in [6.07, 6.45) is 5.81. The third-order valence-corrected chi connectivity index (χ3v) is 13.2. The van der Waals surface area contributed by atoms with E-state index in [2.05, 4.69) is 35.1 Å². The van der Waals surface area contributed by atoms with Gasteiger partial charge in [-0.15, -0.1) is 0 Å². The van der Waals surface area contributed by atoms with E-state index in [1.165, 1.54) is 18.4 Å². The normalized spacial score (nSPS) is 26.5. The van der Waals surface area contributed by atoms with Crippen LogP contribution in [-0.2, 0) is 24.4 Å². The first-order chi connectivity index (χ1) is 22.2. The Morgan fingerprint density at radius 3 is 2.19 bits per heavy atom. The molecule has 5 amide bonds. The number of carbonyl (C=O) groups excluding carboxylic acids is 4. The van der Waals surface area contributed by atoms with Gasteiger partial charge in [-0.05, 0) is 54.8 Å². The second-order valence-corrected chi connectivity index (χ2v) is 18.8. The second-order valence-electron chi connectivity index (χ2n) is 16.7. The van der Waals surface area contributed by atoms with Crippen LogP contribution in [0.5, 0.6) is 0 Å². The maximum atomic E-state index is 14.4. The van der Waals surface area contributed by atoms with Gasteiger partial charge in [0.2, 0.25) is 21.8 Å². The number of nitrogens with one attached hydrogen (secondary N) is 4. The number of hydrogen-bond donors (Lipinski definition) is 5. The van der Waals surface area contributed by atoms with Crippen molar-refractivity contribution >= 4 is 33.8 Å². The molecule has 4 fully saturated rings. The number of aliphatic hydroxyl groups is 1. The summed E-state index contributed by atoms with van der Waals surface area (Å²) in [5.41, 5.74) is -1.88. The molecule has 0 bridgehead atoms. The van der Waals surface area contributed by atoms with Gasteiger partial charge in [0.25, 0.3) is 5.91 Å². The van der Waals surface area contributed by atoms with Crippen LogP contribution in [0.2, 0.25) is 0 Å². The van der Waals surface area contributed by atoms with Crippen LogP contribution in [0.25, 0.3) is 0 Å². The van der Waals surface area contributed by atoms with E-state index in [-0.39, 0.29) is 29.0 Å². The molecular formula is C34H60N6O7S. The Morgan fingerprint density at radius 1 is 1.02 bits per heavy atom. The van der Waals surface area contributed by atoms with Crippen LogP contribution in [0.3, 0.4) is 0 Å². The number of aliphatic hydroxyl groups excluding tert-OH is 1. The molecule has 4 rings (SSSR count). The third-order valence-electron chi connectivity index (χ3n) is 11.1. The number of piperidine rings is 1. The number of fused-ring (bicyclic) bond motifs is 1. The van der Waals surface area contributed by atoms with E-state index >= 15 is 0 Å². The molecule has 1 heterocycles. The highest BCUT2D eigenvalue weighted by atomic mass is 32.2. The summed E-state index contributed by atoms with van der Waals surface area (Å²) >= 11 is 0. The lowest BCUT2D eigenvalue weighted by Gasteiger charge is -2.41. The maximum absolute atomic E-state index is 14.4. The average molecular weight is 697 g/mol. The quantitative estimate of drug-likeness (QED) is 0.185. The van der Waals surface area contributed by atoms with Crippen LogP contribution < -0.4 is 21.3 Å². The molecule has 0 radical (unpaired) electrons. The van der Waals surface area contributed by atoms with Crippen molar-refractivity contribution < 1.29 is 32.7 Å². The van der Waals surface area contributed by atoms with Gasteiger partial charge in [-0.3, -0.25) is 14.4 Å². The smallest absolute Gasteiger partial charge is 0.315 e. The van der Waals surface area contributed by atoms with Gasteiger partial charge >= 0.3 is 6.03 Å². The highest BCUT2D eigenvalue weighted by Gasteiger charge is 2.70. The van der Waals surface area contributed by atoms with Crippen LogP contribution >= 0.6 is 0 Å². The minimum atomic E-state index is -3.62. The lowest BCUT2D eigenvalue weighted by molar-refractivity contribution is -0.144. The number of rotatable bonds is 14. The lowest BCUT2D eigenvalue weighted by Crippen LogP contribution is -2.64. The Morgan fingerprint density at radius 2 is 1.65 bits per heavy atom. The van der Waals surface area contributed by atoms with Gasteiger partial charge in [0.05, 0.1) is 17.3 Å². The van der Waals surface area contributed by atoms with Gasteiger partial charge in [0, 0.05) is 26.7 Å². The van der Waals surface area contributed by atoms with E-state index in [1.54, 1.807) is 4.90 Å². The largest absolute Gasteiger partial charge is 0.381 e. The number of urea groups is 1. The minimum Gasteiger partial charge on any atom is -0.381 e. The first kappa shape index (κ1) is 38.4. The monoisotopic (exact) mass is 696 g/mol.